The molecule has 7 heteroatoms. The van der Waals surface area contributed by atoms with E-state index in [0.29, 0.717) is 11.4 Å². The summed E-state index contributed by atoms with van der Waals surface area (Å²) in [5.74, 6) is 0. The predicted molar refractivity (Wildman–Crippen MR) is 62.7 cm³/mol. The monoisotopic (exact) mass is 275 g/mol. The molecule has 1 aromatic heterocycles. The van der Waals surface area contributed by atoms with Crippen molar-refractivity contribution in [1.29, 1.82) is 0 Å². The number of hydrogen-bond acceptors (Lipinski definition) is 2. The van der Waals surface area contributed by atoms with Crippen LogP contribution in [0.3, 0.4) is 0 Å². The molecule has 0 saturated heterocycles. The molecular weight excluding hydrogens is 267 g/mol. The Morgan fingerprint density at radius 1 is 1.33 bits per heavy atom. The predicted octanol–water partition coefficient (Wildman–Crippen LogP) is 3.44. The normalized spacial score (nSPS) is 11.8. The Bertz CT molecular complexity index is 570. The summed E-state index contributed by atoms with van der Waals surface area (Å²) in [5, 5.41) is 3.67. The highest BCUT2D eigenvalue weighted by Gasteiger charge is 2.33. The van der Waals surface area contributed by atoms with E-state index in [4.69, 9.17) is 17.3 Å². The molecule has 96 valence electrons. The van der Waals surface area contributed by atoms with Crippen LogP contribution in [0.5, 0.6) is 0 Å². The standard InChI is InChI=1S/C11H9ClF3N3/c1-6-10(16)5-18(17-6)7-2-3-9(12)8(4-7)11(13,14)15/h2-5H,16H2,1H3. The van der Waals surface area contributed by atoms with Gasteiger partial charge >= 0.3 is 6.18 Å². The fourth-order valence-electron chi connectivity index (χ4n) is 1.48. The van der Waals surface area contributed by atoms with E-state index in [1.165, 1.54) is 23.0 Å². The van der Waals surface area contributed by atoms with Gasteiger partial charge < -0.3 is 5.73 Å². The second-order valence-corrected chi connectivity index (χ2v) is 4.18. The molecule has 0 unspecified atom stereocenters. The van der Waals surface area contributed by atoms with Gasteiger partial charge in [0.1, 0.15) is 0 Å². The van der Waals surface area contributed by atoms with Gasteiger partial charge in [-0.25, -0.2) is 4.68 Å². The van der Waals surface area contributed by atoms with E-state index < -0.39 is 11.7 Å². The molecule has 18 heavy (non-hydrogen) atoms. The van der Waals surface area contributed by atoms with Gasteiger partial charge in [-0.05, 0) is 25.1 Å². The summed E-state index contributed by atoms with van der Waals surface area (Å²) >= 11 is 5.53. The Morgan fingerprint density at radius 3 is 2.50 bits per heavy atom. The summed E-state index contributed by atoms with van der Waals surface area (Å²) < 4.78 is 39.4. The first-order valence-electron chi connectivity index (χ1n) is 4.98. The van der Waals surface area contributed by atoms with Crippen molar-refractivity contribution in [2.45, 2.75) is 13.1 Å². The highest BCUT2D eigenvalue weighted by molar-refractivity contribution is 6.31. The summed E-state index contributed by atoms with van der Waals surface area (Å²) in [5.41, 5.74) is 5.93. The van der Waals surface area contributed by atoms with E-state index in [0.717, 1.165) is 6.07 Å². The van der Waals surface area contributed by atoms with Crippen LogP contribution >= 0.6 is 11.6 Å². The van der Waals surface area contributed by atoms with Gasteiger partial charge in [0.25, 0.3) is 0 Å². The van der Waals surface area contributed by atoms with Crippen LogP contribution in [0.25, 0.3) is 5.69 Å². The van der Waals surface area contributed by atoms with Gasteiger partial charge in [0, 0.05) is 0 Å². The van der Waals surface area contributed by atoms with Crippen LogP contribution in [-0.2, 0) is 6.18 Å². The molecule has 2 rings (SSSR count). The number of benzene rings is 1. The molecular formula is C11H9ClF3N3. The van der Waals surface area contributed by atoms with Crippen molar-refractivity contribution in [3.05, 3.63) is 40.7 Å². The van der Waals surface area contributed by atoms with Crippen molar-refractivity contribution in [1.82, 2.24) is 9.78 Å². The van der Waals surface area contributed by atoms with E-state index >= 15 is 0 Å². The number of halogens is 4. The maximum Gasteiger partial charge on any atom is 0.417 e. The molecule has 0 aliphatic carbocycles. The molecule has 0 aliphatic rings. The fraction of sp³-hybridized carbons (Fsp3) is 0.182. The minimum absolute atomic E-state index is 0.256. The van der Waals surface area contributed by atoms with Crippen LogP contribution in [-0.4, -0.2) is 9.78 Å². The largest absolute Gasteiger partial charge is 0.417 e. The molecule has 0 atom stereocenters. The minimum atomic E-state index is -4.50. The molecule has 1 aromatic carbocycles. The topological polar surface area (TPSA) is 43.8 Å². The van der Waals surface area contributed by atoms with Gasteiger partial charge in [-0.1, -0.05) is 11.6 Å². The molecule has 2 N–H and O–H groups in total. The Morgan fingerprint density at radius 2 is 2.00 bits per heavy atom. The molecule has 0 bridgehead atoms. The summed E-state index contributed by atoms with van der Waals surface area (Å²) in [4.78, 5) is 0. The molecule has 0 aliphatic heterocycles. The number of aryl methyl sites for hydroxylation is 1. The highest BCUT2D eigenvalue weighted by atomic mass is 35.5. The number of nitrogen functional groups attached to an aromatic ring is 1. The molecule has 0 fully saturated rings. The second kappa shape index (κ2) is 4.20. The van der Waals surface area contributed by atoms with E-state index in [2.05, 4.69) is 5.10 Å². The van der Waals surface area contributed by atoms with Crippen LogP contribution in [0.1, 0.15) is 11.3 Å². The van der Waals surface area contributed by atoms with E-state index in [1.807, 2.05) is 0 Å². The number of alkyl halides is 3. The molecule has 0 spiro atoms. The first-order chi connectivity index (χ1) is 8.29. The highest BCUT2D eigenvalue weighted by Crippen LogP contribution is 2.35. The Kier molecular flexibility index (Phi) is 2.98. The van der Waals surface area contributed by atoms with Crippen LogP contribution in [0.4, 0.5) is 18.9 Å². The maximum absolute atomic E-state index is 12.7. The average molecular weight is 276 g/mol. The Labute approximate surface area is 106 Å². The number of rotatable bonds is 1. The van der Waals surface area contributed by atoms with Crippen LogP contribution < -0.4 is 5.73 Å². The van der Waals surface area contributed by atoms with Crippen molar-refractivity contribution >= 4 is 17.3 Å². The Hall–Kier alpha value is -1.69. The molecule has 0 amide bonds. The van der Waals surface area contributed by atoms with E-state index in [1.54, 1.807) is 6.92 Å². The van der Waals surface area contributed by atoms with Gasteiger partial charge in [-0.2, -0.15) is 18.3 Å². The van der Waals surface area contributed by atoms with Gasteiger partial charge in [0.15, 0.2) is 0 Å². The molecule has 3 nitrogen and oxygen atoms in total. The minimum Gasteiger partial charge on any atom is -0.396 e. The zero-order valence-corrected chi connectivity index (χ0v) is 10.0. The smallest absolute Gasteiger partial charge is 0.396 e. The van der Waals surface area contributed by atoms with Gasteiger partial charge in [-0.3, -0.25) is 0 Å². The van der Waals surface area contributed by atoms with Gasteiger partial charge in [0.05, 0.1) is 33.9 Å². The summed E-state index contributed by atoms with van der Waals surface area (Å²) in [6, 6.07) is 3.57. The molecule has 1 heterocycles. The third-order valence-corrected chi connectivity index (χ3v) is 2.79. The van der Waals surface area contributed by atoms with Gasteiger partial charge in [-0.15, -0.1) is 0 Å². The fourth-order valence-corrected chi connectivity index (χ4v) is 1.70. The zero-order chi connectivity index (χ0) is 13.5. The number of nitrogens with two attached hydrogens (primary N) is 1. The summed E-state index contributed by atoms with van der Waals surface area (Å²) in [6.07, 6.45) is -3.04. The lowest BCUT2D eigenvalue weighted by molar-refractivity contribution is -0.137. The second-order valence-electron chi connectivity index (χ2n) is 3.78. The number of hydrogen-bond donors (Lipinski definition) is 1. The van der Waals surface area contributed by atoms with Crippen molar-refractivity contribution in [3.63, 3.8) is 0 Å². The molecule has 0 radical (unpaired) electrons. The quantitative estimate of drug-likeness (QED) is 0.866. The van der Waals surface area contributed by atoms with Crippen LogP contribution in [0.2, 0.25) is 5.02 Å². The number of nitrogens with zero attached hydrogens (tertiary/aromatic N) is 2. The van der Waals surface area contributed by atoms with E-state index in [9.17, 15) is 13.2 Å². The van der Waals surface area contributed by atoms with Crippen LogP contribution in [0, 0.1) is 6.92 Å². The van der Waals surface area contributed by atoms with E-state index in [-0.39, 0.29) is 10.7 Å². The lowest BCUT2D eigenvalue weighted by Gasteiger charge is -2.10. The summed E-state index contributed by atoms with van der Waals surface area (Å²) in [7, 11) is 0. The van der Waals surface area contributed by atoms with Gasteiger partial charge in [0.2, 0.25) is 0 Å². The lowest BCUT2D eigenvalue weighted by Crippen LogP contribution is -2.07. The van der Waals surface area contributed by atoms with Crippen molar-refractivity contribution in [2.24, 2.45) is 0 Å². The molecule has 0 saturated carbocycles. The molecule has 2 aromatic rings. The average Bonchev–Trinajstić information content (AvgIpc) is 2.58. The third-order valence-electron chi connectivity index (χ3n) is 2.46. The third kappa shape index (κ3) is 2.28. The van der Waals surface area contributed by atoms with Crippen molar-refractivity contribution in [2.75, 3.05) is 5.73 Å². The number of aromatic nitrogens is 2. The maximum atomic E-state index is 12.7. The SMILES string of the molecule is Cc1nn(-c2ccc(Cl)c(C(F)(F)F)c2)cc1N. The zero-order valence-electron chi connectivity index (χ0n) is 9.29. The van der Waals surface area contributed by atoms with Crippen molar-refractivity contribution in [3.8, 4) is 5.69 Å². The lowest BCUT2D eigenvalue weighted by atomic mass is 10.2. The first kappa shape index (κ1) is 12.8. The Balaban J connectivity index is 2.54. The van der Waals surface area contributed by atoms with Crippen LogP contribution in [0.15, 0.2) is 24.4 Å². The number of anilines is 1. The summed E-state index contributed by atoms with van der Waals surface area (Å²) in [6.45, 7) is 1.67. The first-order valence-corrected chi connectivity index (χ1v) is 5.35. The van der Waals surface area contributed by atoms with Crippen molar-refractivity contribution < 1.29 is 13.2 Å².